The lowest BCUT2D eigenvalue weighted by molar-refractivity contribution is 0.550. The zero-order chi connectivity index (χ0) is 31.2. The van der Waals surface area contributed by atoms with Crippen LogP contribution < -0.4 is 0 Å². The topological polar surface area (TPSA) is 38.7 Å². The Morgan fingerprint density at radius 2 is 0.851 bits per heavy atom. The minimum Gasteiger partial charge on any atom is -0.208 e. The smallest absolute Gasteiger partial charge is 0.165 e. The highest BCUT2D eigenvalue weighted by Gasteiger charge is 2.44. The highest BCUT2D eigenvalue weighted by Crippen LogP contribution is 2.57. The van der Waals surface area contributed by atoms with Crippen molar-refractivity contribution in [3.05, 3.63) is 163 Å². The number of rotatable bonds is 5. The first-order valence-corrected chi connectivity index (χ1v) is 16.6. The Morgan fingerprint density at radius 3 is 1.49 bits per heavy atom. The lowest BCUT2D eigenvalue weighted by atomic mass is 9.76. The lowest BCUT2D eigenvalue weighted by Crippen LogP contribution is -2.20. The fraction of sp³-hybridized carbons (Fsp3) is 0.114. The predicted molar refractivity (Wildman–Crippen MR) is 192 cm³/mol. The Labute approximate surface area is 275 Å². The molecule has 6 aromatic carbocycles. The second-order valence-corrected chi connectivity index (χ2v) is 12.7. The molecule has 0 N–H and O–H groups in total. The van der Waals surface area contributed by atoms with Crippen LogP contribution >= 0.6 is 0 Å². The third kappa shape index (κ3) is 4.61. The van der Waals surface area contributed by atoms with Gasteiger partial charge in [0, 0.05) is 22.1 Å². The Balaban J connectivity index is 1.31. The third-order valence-electron chi connectivity index (χ3n) is 10.1. The molecule has 0 bridgehead atoms. The summed E-state index contributed by atoms with van der Waals surface area (Å²) in [5, 5.41) is 0. The molecule has 3 nitrogen and oxygen atoms in total. The minimum absolute atomic E-state index is 0.0905. The Hall–Kier alpha value is -5.67. The van der Waals surface area contributed by atoms with E-state index in [2.05, 4.69) is 115 Å². The number of aromatic nitrogens is 3. The van der Waals surface area contributed by atoms with E-state index in [0.717, 1.165) is 33.4 Å². The molecule has 0 unspecified atom stereocenters. The summed E-state index contributed by atoms with van der Waals surface area (Å²) < 4.78 is 0. The number of nitrogens with zero attached hydrogens (tertiary/aromatic N) is 3. The van der Waals surface area contributed by atoms with Crippen LogP contribution in [0.1, 0.15) is 36.8 Å². The van der Waals surface area contributed by atoms with Gasteiger partial charge in [-0.15, -0.1) is 0 Å². The van der Waals surface area contributed by atoms with E-state index in [0.29, 0.717) is 17.5 Å². The van der Waals surface area contributed by atoms with Crippen molar-refractivity contribution in [1.29, 1.82) is 0 Å². The Kier molecular flexibility index (Phi) is 6.64. The van der Waals surface area contributed by atoms with Gasteiger partial charge in [0.25, 0.3) is 0 Å². The van der Waals surface area contributed by atoms with E-state index in [4.69, 9.17) is 15.0 Å². The van der Waals surface area contributed by atoms with Crippen LogP contribution in [-0.2, 0) is 5.41 Å². The zero-order valence-electron chi connectivity index (χ0n) is 26.1. The number of hydrogen-bond donors (Lipinski definition) is 0. The van der Waals surface area contributed by atoms with E-state index in [9.17, 15) is 0 Å². The van der Waals surface area contributed by atoms with Crippen LogP contribution in [0.15, 0.2) is 152 Å². The average molecular weight is 604 g/mol. The molecule has 9 rings (SSSR count). The average Bonchev–Trinajstić information content (AvgIpc) is 3.76. The van der Waals surface area contributed by atoms with Gasteiger partial charge in [0.15, 0.2) is 17.5 Å². The molecule has 0 amide bonds. The van der Waals surface area contributed by atoms with E-state index in [-0.39, 0.29) is 5.41 Å². The molecule has 2 aliphatic rings. The first-order chi connectivity index (χ1) is 23.3. The zero-order valence-corrected chi connectivity index (χ0v) is 26.1. The maximum Gasteiger partial charge on any atom is 0.165 e. The van der Waals surface area contributed by atoms with Crippen molar-refractivity contribution >= 4 is 0 Å². The molecule has 1 saturated carbocycles. The van der Waals surface area contributed by atoms with Gasteiger partial charge < -0.3 is 0 Å². The van der Waals surface area contributed by atoms with Gasteiger partial charge in [-0.1, -0.05) is 158 Å². The van der Waals surface area contributed by atoms with Crippen LogP contribution in [0, 0.1) is 0 Å². The molecule has 0 aliphatic heterocycles. The normalized spacial score (nSPS) is 14.2. The van der Waals surface area contributed by atoms with Crippen LogP contribution in [0.5, 0.6) is 0 Å². The number of benzene rings is 6. The molecule has 1 spiro atoms. The van der Waals surface area contributed by atoms with Gasteiger partial charge in [0.05, 0.1) is 0 Å². The first kappa shape index (κ1) is 27.6. The van der Waals surface area contributed by atoms with Gasteiger partial charge in [-0.2, -0.15) is 0 Å². The van der Waals surface area contributed by atoms with Crippen molar-refractivity contribution in [2.75, 3.05) is 0 Å². The number of fused-ring (bicyclic) bond motifs is 5. The van der Waals surface area contributed by atoms with Crippen molar-refractivity contribution in [1.82, 2.24) is 15.0 Å². The van der Waals surface area contributed by atoms with Crippen molar-refractivity contribution < 1.29 is 0 Å². The van der Waals surface area contributed by atoms with Crippen molar-refractivity contribution in [2.24, 2.45) is 0 Å². The van der Waals surface area contributed by atoms with Crippen LogP contribution in [0.3, 0.4) is 0 Å². The highest BCUT2D eigenvalue weighted by molar-refractivity contribution is 5.94. The van der Waals surface area contributed by atoms with Crippen LogP contribution in [-0.4, -0.2) is 15.0 Å². The van der Waals surface area contributed by atoms with Crippen LogP contribution in [0.25, 0.3) is 67.5 Å². The van der Waals surface area contributed by atoms with Crippen molar-refractivity contribution in [2.45, 2.75) is 31.1 Å². The van der Waals surface area contributed by atoms with E-state index >= 15 is 0 Å². The quantitative estimate of drug-likeness (QED) is 0.196. The maximum atomic E-state index is 5.23. The molecule has 224 valence electrons. The van der Waals surface area contributed by atoms with E-state index < -0.39 is 0 Å². The van der Waals surface area contributed by atoms with Gasteiger partial charge in [0.1, 0.15) is 0 Å². The summed E-state index contributed by atoms with van der Waals surface area (Å²) in [6.45, 7) is 0. The number of hydrogen-bond acceptors (Lipinski definition) is 3. The van der Waals surface area contributed by atoms with E-state index in [1.165, 1.54) is 53.5 Å². The van der Waals surface area contributed by atoms with Gasteiger partial charge in [-0.05, 0) is 63.4 Å². The monoisotopic (exact) mass is 603 g/mol. The van der Waals surface area contributed by atoms with Crippen molar-refractivity contribution in [3.8, 4) is 67.5 Å². The summed E-state index contributed by atoms with van der Waals surface area (Å²) >= 11 is 0. The summed E-state index contributed by atoms with van der Waals surface area (Å²) in [7, 11) is 0. The molecule has 7 aromatic rings. The summed E-state index contributed by atoms with van der Waals surface area (Å²) in [6.07, 6.45) is 4.93. The van der Waals surface area contributed by atoms with Crippen LogP contribution in [0.2, 0.25) is 0 Å². The fourth-order valence-corrected chi connectivity index (χ4v) is 7.95. The Bertz CT molecular complexity index is 2180. The molecular weight excluding hydrogens is 571 g/mol. The molecule has 1 fully saturated rings. The standard InChI is InChI=1S/C44H33N3/c1-4-15-30(16-5-1)34-22-14-23-35(33-25-26-37-36-21-10-11-24-38(36)44(39(37)29-33)27-12-13-28-44)40(34)43-46-41(31-17-6-2-7-18-31)45-42(47-43)32-19-8-3-9-20-32/h1-11,14-26,29H,12-13,27-28H2. The maximum absolute atomic E-state index is 5.23. The minimum atomic E-state index is 0.0905. The molecule has 0 saturated heterocycles. The summed E-state index contributed by atoms with van der Waals surface area (Å²) in [4.78, 5) is 15.5. The summed E-state index contributed by atoms with van der Waals surface area (Å²) in [5.74, 6) is 2.00. The largest absolute Gasteiger partial charge is 0.208 e. The van der Waals surface area contributed by atoms with Gasteiger partial charge in [0.2, 0.25) is 0 Å². The summed E-state index contributed by atoms with van der Waals surface area (Å²) in [6, 6.07) is 53.9. The van der Waals surface area contributed by atoms with Gasteiger partial charge in [-0.25, -0.2) is 15.0 Å². The summed E-state index contributed by atoms with van der Waals surface area (Å²) in [5.41, 5.74) is 13.3. The van der Waals surface area contributed by atoms with Crippen LogP contribution in [0.4, 0.5) is 0 Å². The molecule has 1 aromatic heterocycles. The van der Waals surface area contributed by atoms with E-state index in [1.54, 1.807) is 0 Å². The molecule has 0 atom stereocenters. The van der Waals surface area contributed by atoms with Crippen molar-refractivity contribution in [3.63, 3.8) is 0 Å². The van der Waals surface area contributed by atoms with Gasteiger partial charge in [-0.3, -0.25) is 0 Å². The molecule has 0 radical (unpaired) electrons. The molecule has 2 aliphatic carbocycles. The van der Waals surface area contributed by atoms with E-state index in [1.807, 2.05) is 36.4 Å². The second kappa shape index (κ2) is 11.3. The van der Waals surface area contributed by atoms with Gasteiger partial charge >= 0.3 is 0 Å². The lowest BCUT2D eigenvalue weighted by Gasteiger charge is -2.27. The Morgan fingerprint density at radius 1 is 0.362 bits per heavy atom. The molecule has 47 heavy (non-hydrogen) atoms. The second-order valence-electron chi connectivity index (χ2n) is 12.7. The SMILES string of the molecule is c1ccc(-c2nc(-c3ccccc3)nc(-c3c(-c4ccccc4)cccc3-c3ccc4c(c3)C3(CCCC3)c3ccccc3-4)n2)cc1. The molecule has 3 heteroatoms. The molecular formula is C44H33N3. The fourth-order valence-electron chi connectivity index (χ4n) is 7.95. The highest BCUT2D eigenvalue weighted by atomic mass is 15.0. The third-order valence-corrected chi connectivity index (χ3v) is 10.1. The molecule has 1 heterocycles. The predicted octanol–water partition coefficient (Wildman–Crippen LogP) is 11.0. The first-order valence-electron chi connectivity index (χ1n) is 16.6.